The highest BCUT2D eigenvalue weighted by atomic mass is 35.5. The van der Waals surface area contributed by atoms with Gasteiger partial charge in [0.15, 0.2) is 0 Å². The van der Waals surface area contributed by atoms with Gasteiger partial charge in [-0.1, -0.05) is 35.9 Å². The number of benzene rings is 2. The van der Waals surface area contributed by atoms with Gasteiger partial charge in [0.05, 0.1) is 15.9 Å². The van der Waals surface area contributed by atoms with Crippen molar-refractivity contribution in [2.45, 2.75) is 17.2 Å². The lowest BCUT2D eigenvalue weighted by Crippen LogP contribution is -2.27. The molecule has 0 bridgehead atoms. The van der Waals surface area contributed by atoms with Crippen LogP contribution in [-0.2, 0) is 10.0 Å². The average Bonchev–Trinajstić information content (AvgIpc) is 2.77. The highest BCUT2D eigenvalue weighted by molar-refractivity contribution is 7.92. The van der Waals surface area contributed by atoms with Crippen LogP contribution >= 0.6 is 11.6 Å². The average molecular weight is 495 g/mol. The Hall–Kier alpha value is -3.44. The van der Waals surface area contributed by atoms with Gasteiger partial charge < -0.3 is 4.74 Å². The van der Waals surface area contributed by atoms with Gasteiger partial charge in [0, 0.05) is 23.0 Å². The summed E-state index contributed by atoms with van der Waals surface area (Å²) < 4.78 is 74.6. The number of nitrogens with zero attached hydrogens (tertiary/aromatic N) is 3. The predicted octanol–water partition coefficient (Wildman–Crippen LogP) is 5.16. The number of alkyl halides is 3. The highest BCUT2D eigenvalue weighted by Gasteiger charge is 2.44. The van der Waals surface area contributed by atoms with E-state index >= 15 is 0 Å². The topological polar surface area (TPSA) is 94.1 Å². The summed E-state index contributed by atoms with van der Waals surface area (Å²) in [5.41, 5.74) is 0.174. The Labute approximate surface area is 191 Å². The van der Waals surface area contributed by atoms with Gasteiger partial charge in [-0.2, -0.15) is 13.2 Å². The molecule has 2 heterocycles. The normalized spacial score (nSPS) is 13.0. The summed E-state index contributed by atoms with van der Waals surface area (Å²) in [6.07, 6.45) is -4.99. The van der Waals surface area contributed by atoms with Crippen molar-refractivity contribution in [3.63, 3.8) is 0 Å². The van der Waals surface area contributed by atoms with Crippen LogP contribution in [0.5, 0.6) is 5.88 Å². The number of fused-ring (bicyclic) bond motifs is 1. The van der Waals surface area contributed by atoms with E-state index in [4.69, 9.17) is 16.3 Å². The minimum atomic E-state index is -4.85. The van der Waals surface area contributed by atoms with Crippen molar-refractivity contribution in [2.24, 2.45) is 0 Å². The number of anilines is 1. The summed E-state index contributed by atoms with van der Waals surface area (Å²) in [5, 5.41) is 0.160. The van der Waals surface area contributed by atoms with Gasteiger partial charge in [0.1, 0.15) is 0 Å². The second kappa shape index (κ2) is 8.83. The van der Waals surface area contributed by atoms with Crippen LogP contribution in [0.4, 0.5) is 19.0 Å². The second-order valence-corrected chi connectivity index (χ2v) is 8.87. The number of rotatable bonds is 6. The zero-order valence-corrected chi connectivity index (χ0v) is 18.1. The number of halogens is 4. The number of para-hydroxylation sites is 2. The minimum Gasteiger partial charge on any atom is -0.457 e. The summed E-state index contributed by atoms with van der Waals surface area (Å²) in [7, 11) is -4.27. The molecule has 2 aromatic carbocycles. The summed E-state index contributed by atoms with van der Waals surface area (Å²) in [4.78, 5) is 11.7. The first-order valence-corrected chi connectivity index (χ1v) is 11.2. The van der Waals surface area contributed by atoms with E-state index in [1.807, 2.05) is 0 Å². The number of hydrogen-bond acceptors (Lipinski definition) is 6. The van der Waals surface area contributed by atoms with Crippen LogP contribution in [-0.4, -0.2) is 29.5 Å². The summed E-state index contributed by atoms with van der Waals surface area (Å²) >= 11 is 5.87. The van der Waals surface area contributed by atoms with Crippen LogP contribution in [0.25, 0.3) is 11.0 Å². The van der Waals surface area contributed by atoms with Crippen molar-refractivity contribution in [3.8, 4) is 5.88 Å². The largest absolute Gasteiger partial charge is 0.457 e. The van der Waals surface area contributed by atoms with E-state index in [1.165, 1.54) is 54.7 Å². The molecule has 0 aliphatic heterocycles. The molecule has 4 rings (SSSR count). The molecule has 0 spiro atoms. The monoisotopic (exact) mass is 494 g/mol. The van der Waals surface area contributed by atoms with Crippen LogP contribution in [0.15, 0.2) is 78.0 Å². The molecule has 0 saturated carbocycles. The van der Waals surface area contributed by atoms with Crippen LogP contribution in [0.2, 0.25) is 5.02 Å². The molecule has 7 nitrogen and oxygen atoms in total. The zero-order chi connectivity index (χ0) is 23.6. The van der Waals surface area contributed by atoms with Crippen LogP contribution in [0.3, 0.4) is 0 Å². The third-order valence-corrected chi connectivity index (χ3v) is 5.96. The molecular formula is C21H14ClF3N4O3S. The van der Waals surface area contributed by atoms with Gasteiger partial charge in [0.25, 0.3) is 15.9 Å². The molecule has 0 aliphatic carbocycles. The van der Waals surface area contributed by atoms with Crippen LogP contribution in [0, 0.1) is 0 Å². The molecule has 33 heavy (non-hydrogen) atoms. The zero-order valence-electron chi connectivity index (χ0n) is 16.5. The van der Waals surface area contributed by atoms with Gasteiger partial charge in [-0.3, -0.25) is 9.71 Å². The Kier molecular flexibility index (Phi) is 6.09. The molecule has 170 valence electrons. The second-order valence-electron chi connectivity index (χ2n) is 6.75. The summed E-state index contributed by atoms with van der Waals surface area (Å²) in [5.74, 6) is -1.16. The van der Waals surface area contributed by atoms with Crippen molar-refractivity contribution < 1.29 is 26.3 Å². The molecule has 12 heteroatoms. The lowest BCUT2D eigenvalue weighted by molar-refractivity contribution is -0.198. The van der Waals surface area contributed by atoms with Gasteiger partial charge in [-0.05, 0) is 36.4 Å². The molecule has 0 fully saturated rings. The fraction of sp³-hybridized carbons (Fsp3) is 0.0952. The van der Waals surface area contributed by atoms with Gasteiger partial charge in [-0.15, -0.1) is 0 Å². The fourth-order valence-electron chi connectivity index (χ4n) is 2.92. The first-order valence-electron chi connectivity index (χ1n) is 9.32. The van der Waals surface area contributed by atoms with E-state index in [-0.39, 0.29) is 26.5 Å². The molecular weight excluding hydrogens is 481 g/mol. The number of nitrogens with one attached hydrogen (secondary N) is 1. The number of aromatic nitrogens is 3. The maximum Gasteiger partial charge on any atom is 0.429 e. The number of hydrogen-bond donors (Lipinski definition) is 1. The quantitative estimate of drug-likeness (QED) is 0.398. The van der Waals surface area contributed by atoms with E-state index in [2.05, 4.69) is 19.7 Å². The number of ether oxygens (including phenoxy) is 1. The van der Waals surface area contributed by atoms with E-state index < -0.39 is 34.0 Å². The number of pyridine rings is 1. The molecule has 0 aliphatic rings. The van der Waals surface area contributed by atoms with Crippen LogP contribution < -0.4 is 9.46 Å². The van der Waals surface area contributed by atoms with E-state index in [9.17, 15) is 21.6 Å². The first-order chi connectivity index (χ1) is 15.6. The molecule has 0 amide bonds. The Balaban J connectivity index is 1.81. The maximum atomic E-state index is 13.8. The van der Waals surface area contributed by atoms with Crippen molar-refractivity contribution in [1.82, 2.24) is 15.0 Å². The first kappa shape index (κ1) is 22.7. The Bertz CT molecular complexity index is 1400. The molecule has 1 atom stereocenters. The van der Waals surface area contributed by atoms with E-state index in [0.29, 0.717) is 0 Å². The highest BCUT2D eigenvalue weighted by Crippen LogP contribution is 2.38. The molecule has 1 N–H and O–H groups in total. The Morgan fingerprint density at radius 1 is 0.970 bits per heavy atom. The van der Waals surface area contributed by atoms with Crippen molar-refractivity contribution in [3.05, 3.63) is 83.6 Å². The standard InChI is InChI=1S/C21H14ClF3N4O3S/c22-14-6-3-7-15(11-14)33(30,31)29-19-20(28-17-9-2-1-8-16(17)27-19)32-18(21(23,24)25)13-5-4-10-26-12-13/h1-12,18H,(H,27,29). The number of sulfonamides is 1. The van der Waals surface area contributed by atoms with Gasteiger partial charge in [0.2, 0.25) is 11.9 Å². The minimum absolute atomic E-state index is 0.160. The SMILES string of the molecule is O=S(=O)(Nc1nc2ccccc2nc1OC(c1cccnc1)C(F)(F)F)c1cccc(Cl)c1. The van der Waals surface area contributed by atoms with E-state index in [0.717, 1.165) is 6.20 Å². The van der Waals surface area contributed by atoms with Crippen molar-refractivity contribution in [2.75, 3.05) is 4.72 Å². The lowest BCUT2D eigenvalue weighted by Gasteiger charge is -2.22. The van der Waals surface area contributed by atoms with E-state index in [1.54, 1.807) is 12.1 Å². The molecule has 1 unspecified atom stereocenters. The molecule has 4 aromatic rings. The predicted molar refractivity (Wildman–Crippen MR) is 115 cm³/mol. The molecule has 0 saturated heterocycles. The summed E-state index contributed by atoms with van der Waals surface area (Å²) in [6.45, 7) is 0. The smallest absolute Gasteiger partial charge is 0.429 e. The molecule has 2 aromatic heterocycles. The van der Waals surface area contributed by atoms with Gasteiger partial charge >= 0.3 is 6.18 Å². The third kappa shape index (κ3) is 5.15. The summed E-state index contributed by atoms with van der Waals surface area (Å²) in [6, 6.07) is 14.2. The fourth-order valence-corrected chi connectivity index (χ4v) is 4.22. The van der Waals surface area contributed by atoms with Crippen molar-refractivity contribution in [1.29, 1.82) is 0 Å². The van der Waals surface area contributed by atoms with Gasteiger partial charge in [-0.25, -0.2) is 18.4 Å². The lowest BCUT2D eigenvalue weighted by atomic mass is 10.1. The third-order valence-electron chi connectivity index (χ3n) is 4.39. The Morgan fingerprint density at radius 2 is 1.70 bits per heavy atom. The van der Waals surface area contributed by atoms with Crippen molar-refractivity contribution >= 4 is 38.5 Å². The Morgan fingerprint density at radius 3 is 2.33 bits per heavy atom. The maximum absolute atomic E-state index is 13.8. The molecule has 0 radical (unpaired) electrons. The van der Waals surface area contributed by atoms with Crippen LogP contribution in [0.1, 0.15) is 11.7 Å².